The molecule has 4 N–H and O–H groups in total. The highest BCUT2D eigenvalue weighted by Crippen LogP contribution is 2.25. The number of nitrogens with two attached hydrogens (primary N) is 1. The van der Waals surface area contributed by atoms with Gasteiger partial charge in [-0.3, -0.25) is 4.79 Å². The van der Waals surface area contributed by atoms with E-state index in [4.69, 9.17) is 10.8 Å². The first-order valence-electron chi connectivity index (χ1n) is 4.66. The van der Waals surface area contributed by atoms with Crippen LogP contribution in [0, 0.1) is 6.92 Å². The zero-order chi connectivity index (χ0) is 11.9. The Labute approximate surface area is 90.5 Å². The van der Waals surface area contributed by atoms with E-state index >= 15 is 0 Å². The van der Waals surface area contributed by atoms with Gasteiger partial charge in [0.2, 0.25) is 0 Å². The molecule has 5 heteroatoms. The highest BCUT2D eigenvalue weighted by Gasteiger charge is 2.14. The number of aromatic carboxylic acids is 1. The largest absolute Gasteiger partial charge is 0.478 e. The second-order valence-corrected chi connectivity index (χ2v) is 3.54. The highest BCUT2D eigenvalue weighted by molar-refractivity contribution is 6.02. The van der Waals surface area contributed by atoms with Crippen LogP contribution in [0.3, 0.4) is 0 Å². The molecule has 1 aromatic carbocycles. The number of benzene rings is 1. The number of carboxylic acid groups (broad SMARTS) is 1. The smallest absolute Gasteiger partial charge is 0.337 e. The van der Waals surface area contributed by atoms with E-state index in [2.05, 4.69) is 4.98 Å². The maximum Gasteiger partial charge on any atom is 0.337 e. The number of rotatable bonds is 1. The molecule has 16 heavy (non-hydrogen) atoms. The zero-order valence-corrected chi connectivity index (χ0v) is 8.57. The second-order valence-electron chi connectivity index (χ2n) is 3.54. The Morgan fingerprint density at radius 2 is 2.12 bits per heavy atom. The quantitative estimate of drug-likeness (QED) is 0.625. The van der Waals surface area contributed by atoms with Crippen molar-refractivity contribution >= 4 is 22.4 Å². The monoisotopic (exact) mass is 218 g/mol. The number of H-pyrrole nitrogens is 1. The number of hydrogen-bond donors (Lipinski definition) is 3. The van der Waals surface area contributed by atoms with Crippen molar-refractivity contribution in [3.8, 4) is 0 Å². The first kappa shape index (κ1) is 10.2. The molecule has 0 aliphatic heterocycles. The van der Waals surface area contributed by atoms with Crippen LogP contribution in [-0.4, -0.2) is 16.1 Å². The molecule has 0 saturated carbocycles. The van der Waals surface area contributed by atoms with Gasteiger partial charge in [-0.15, -0.1) is 0 Å². The first-order valence-corrected chi connectivity index (χ1v) is 4.66. The molecule has 0 unspecified atom stereocenters. The predicted molar refractivity (Wildman–Crippen MR) is 60.7 cm³/mol. The van der Waals surface area contributed by atoms with Crippen LogP contribution in [0.5, 0.6) is 0 Å². The van der Waals surface area contributed by atoms with E-state index in [1.165, 1.54) is 12.3 Å². The van der Waals surface area contributed by atoms with Crippen molar-refractivity contribution in [1.82, 2.24) is 4.98 Å². The average molecular weight is 218 g/mol. The normalized spacial score (nSPS) is 10.6. The summed E-state index contributed by atoms with van der Waals surface area (Å²) in [6, 6.07) is 3.01. The number of fused-ring (bicyclic) bond motifs is 1. The molecule has 82 valence electrons. The lowest BCUT2D eigenvalue weighted by atomic mass is 10.0. The van der Waals surface area contributed by atoms with E-state index in [9.17, 15) is 9.59 Å². The Morgan fingerprint density at radius 1 is 1.44 bits per heavy atom. The van der Waals surface area contributed by atoms with Gasteiger partial charge in [-0.1, -0.05) is 0 Å². The van der Waals surface area contributed by atoms with Gasteiger partial charge in [0, 0.05) is 17.3 Å². The number of aromatic nitrogens is 1. The minimum Gasteiger partial charge on any atom is -0.478 e. The van der Waals surface area contributed by atoms with Gasteiger partial charge in [0.05, 0.1) is 5.56 Å². The average Bonchev–Trinajstić information content (AvgIpc) is 2.23. The molecule has 0 spiro atoms. The molecular formula is C11H10N2O3. The van der Waals surface area contributed by atoms with Crippen LogP contribution in [0.25, 0.3) is 10.8 Å². The standard InChI is InChI=1S/C11H10N2O3/c1-5-6-2-3-13-10(14)7(6)4-8(9(5)12)11(15)16/h2-4H,12H2,1H3,(H,13,14)(H,15,16). The molecule has 0 amide bonds. The summed E-state index contributed by atoms with van der Waals surface area (Å²) in [6.07, 6.45) is 1.51. The number of aromatic amines is 1. The number of nitrogen functional groups attached to an aromatic ring is 1. The van der Waals surface area contributed by atoms with E-state index in [1.54, 1.807) is 13.0 Å². The number of anilines is 1. The van der Waals surface area contributed by atoms with Crippen LogP contribution >= 0.6 is 0 Å². The van der Waals surface area contributed by atoms with Gasteiger partial charge in [0.1, 0.15) is 0 Å². The molecule has 0 saturated heterocycles. The second kappa shape index (κ2) is 3.37. The third-order valence-electron chi connectivity index (χ3n) is 2.62. The lowest BCUT2D eigenvalue weighted by Crippen LogP contribution is -2.10. The topological polar surface area (TPSA) is 96.2 Å². The minimum absolute atomic E-state index is 0.0401. The van der Waals surface area contributed by atoms with Crippen molar-refractivity contribution in [1.29, 1.82) is 0 Å². The summed E-state index contributed by atoms with van der Waals surface area (Å²) in [5.74, 6) is -1.13. The van der Waals surface area contributed by atoms with Gasteiger partial charge in [0.25, 0.3) is 5.56 Å². The van der Waals surface area contributed by atoms with E-state index in [-0.39, 0.29) is 16.8 Å². The maximum absolute atomic E-state index is 11.5. The molecule has 1 aromatic heterocycles. The number of aryl methyl sites for hydroxylation is 1. The van der Waals surface area contributed by atoms with Crippen LogP contribution in [0.2, 0.25) is 0 Å². The number of nitrogens with one attached hydrogen (secondary N) is 1. The summed E-state index contributed by atoms with van der Waals surface area (Å²) >= 11 is 0. The molecule has 0 aliphatic rings. The summed E-state index contributed by atoms with van der Waals surface area (Å²) in [7, 11) is 0. The Morgan fingerprint density at radius 3 is 2.75 bits per heavy atom. The summed E-state index contributed by atoms with van der Waals surface area (Å²) < 4.78 is 0. The number of pyridine rings is 1. The maximum atomic E-state index is 11.5. The number of carbonyl (C=O) groups is 1. The Bertz CT molecular complexity index is 643. The molecule has 0 radical (unpaired) electrons. The van der Waals surface area contributed by atoms with Gasteiger partial charge < -0.3 is 15.8 Å². The zero-order valence-electron chi connectivity index (χ0n) is 8.57. The summed E-state index contributed by atoms with van der Waals surface area (Å²) in [5.41, 5.74) is 6.16. The Kier molecular flexibility index (Phi) is 2.16. The first-order chi connectivity index (χ1) is 7.52. The van der Waals surface area contributed by atoms with Crippen molar-refractivity contribution in [2.24, 2.45) is 0 Å². The van der Waals surface area contributed by atoms with Gasteiger partial charge >= 0.3 is 5.97 Å². The molecule has 0 aliphatic carbocycles. The van der Waals surface area contributed by atoms with Crippen LogP contribution in [0.15, 0.2) is 23.1 Å². The fourth-order valence-corrected chi connectivity index (χ4v) is 1.71. The molecular weight excluding hydrogens is 208 g/mol. The summed E-state index contributed by atoms with van der Waals surface area (Å²) in [6.45, 7) is 1.70. The molecule has 2 rings (SSSR count). The fraction of sp³-hybridized carbons (Fsp3) is 0.0909. The van der Waals surface area contributed by atoms with Crippen molar-refractivity contribution < 1.29 is 9.90 Å². The fourth-order valence-electron chi connectivity index (χ4n) is 1.71. The SMILES string of the molecule is Cc1c(N)c(C(=O)O)cc2c(=O)[nH]ccc12. The third kappa shape index (κ3) is 1.33. The van der Waals surface area contributed by atoms with Crippen LogP contribution in [0.1, 0.15) is 15.9 Å². The van der Waals surface area contributed by atoms with E-state index in [1.807, 2.05) is 0 Å². The van der Waals surface area contributed by atoms with E-state index in [0.29, 0.717) is 16.3 Å². The van der Waals surface area contributed by atoms with Crippen LogP contribution in [0.4, 0.5) is 5.69 Å². The summed E-state index contributed by atoms with van der Waals surface area (Å²) in [5, 5.41) is 9.96. The Balaban J connectivity index is 3.00. The highest BCUT2D eigenvalue weighted by atomic mass is 16.4. The summed E-state index contributed by atoms with van der Waals surface area (Å²) in [4.78, 5) is 25.0. The molecule has 5 nitrogen and oxygen atoms in total. The predicted octanol–water partition coefficient (Wildman–Crippen LogP) is 1.12. The minimum atomic E-state index is -1.13. The molecule has 0 atom stereocenters. The van der Waals surface area contributed by atoms with E-state index in [0.717, 1.165) is 0 Å². The molecule has 1 heterocycles. The Hall–Kier alpha value is -2.30. The molecule has 0 fully saturated rings. The van der Waals surface area contributed by atoms with Crippen LogP contribution in [-0.2, 0) is 0 Å². The van der Waals surface area contributed by atoms with Crippen molar-refractivity contribution in [3.63, 3.8) is 0 Å². The molecule has 2 aromatic rings. The van der Waals surface area contributed by atoms with Gasteiger partial charge in [-0.2, -0.15) is 0 Å². The van der Waals surface area contributed by atoms with Gasteiger partial charge in [-0.25, -0.2) is 4.79 Å². The van der Waals surface area contributed by atoms with Crippen molar-refractivity contribution in [3.05, 3.63) is 39.8 Å². The van der Waals surface area contributed by atoms with Crippen molar-refractivity contribution in [2.75, 3.05) is 5.73 Å². The lowest BCUT2D eigenvalue weighted by Gasteiger charge is -2.08. The van der Waals surface area contributed by atoms with Crippen LogP contribution < -0.4 is 11.3 Å². The van der Waals surface area contributed by atoms with Gasteiger partial charge in [0.15, 0.2) is 0 Å². The van der Waals surface area contributed by atoms with Gasteiger partial charge in [-0.05, 0) is 30.0 Å². The number of hydrogen-bond acceptors (Lipinski definition) is 3. The third-order valence-corrected chi connectivity index (χ3v) is 2.62. The number of carboxylic acids is 1. The molecule has 0 bridgehead atoms. The van der Waals surface area contributed by atoms with Crippen molar-refractivity contribution in [2.45, 2.75) is 6.92 Å². The van der Waals surface area contributed by atoms with E-state index < -0.39 is 5.97 Å². The lowest BCUT2D eigenvalue weighted by molar-refractivity contribution is 0.0698.